The van der Waals surface area contributed by atoms with E-state index in [0.29, 0.717) is 17.0 Å². The van der Waals surface area contributed by atoms with Crippen LogP contribution in [0.5, 0.6) is 5.75 Å². The minimum absolute atomic E-state index is 0.0209. The first-order valence-corrected chi connectivity index (χ1v) is 7.90. The molecule has 1 saturated heterocycles. The topological polar surface area (TPSA) is 58.6 Å². The maximum Gasteiger partial charge on any atom is 0.268 e. The maximum absolute atomic E-state index is 12.5. The normalized spacial score (nSPS) is 24.4. The Morgan fingerprint density at radius 3 is 2.82 bits per heavy atom. The smallest absolute Gasteiger partial charge is 0.268 e. The Hall–Kier alpha value is -1.88. The van der Waals surface area contributed by atoms with E-state index in [4.69, 9.17) is 4.74 Å². The predicted octanol–water partition coefficient (Wildman–Crippen LogP) is 2.14. The summed E-state index contributed by atoms with van der Waals surface area (Å²) < 4.78 is 5.67. The third-order valence-electron chi connectivity index (χ3n) is 4.29. The van der Waals surface area contributed by atoms with Crippen molar-refractivity contribution < 1.29 is 14.3 Å². The van der Waals surface area contributed by atoms with Gasteiger partial charge in [-0.3, -0.25) is 9.59 Å². The summed E-state index contributed by atoms with van der Waals surface area (Å²) in [6.45, 7) is 6.57. The van der Waals surface area contributed by atoms with E-state index in [0.717, 1.165) is 19.4 Å². The van der Waals surface area contributed by atoms with Crippen LogP contribution in [-0.4, -0.2) is 36.4 Å². The molecule has 1 N–H and O–H groups in total. The van der Waals surface area contributed by atoms with Crippen molar-refractivity contribution in [2.45, 2.75) is 51.8 Å². The number of anilines is 1. The number of rotatable bonds is 3. The largest absolute Gasteiger partial charge is 0.479 e. The summed E-state index contributed by atoms with van der Waals surface area (Å²) in [6.07, 6.45) is 1.41. The Morgan fingerprint density at radius 2 is 2.18 bits per heavy atom. The van der Waals surface area contributed by atoms with Gasteiger partial charge in [-0.1, -0.05) is 0 Å². The number of Topliss-reactive ketones (excluding diaryl/α,β-unsaturated/α-hetero) is 1. The number of hydrogen-bond acceptors (Lipinski definition) is 4. The van der Waals surface area contributed by atoms with Gasteiger partial charge in [0.05, 0.1) is 11.7 Å². The summed E-state index contributed by atoms with van der Waals surface area (Å²) in [4.78, 5) is 26.6. The fourth-order valence-corrected chi connectivity index (χ4v) is 3.16. The van der Waals surface area contributed by atoms with E-state index in [-0.39, 0.29) is 23.8 Å². The van der Waals surface area contributed by atoms with Gasteiger partial charge in [-0.25, -0.2) is 0 Å². The van der Waals surface area contributed by atoms with Gasteiger partial charge in [-0.05, 0) is 58.4 Å². The number of benzene rings is 1. The van der Waals surface area contributed by atoms with Gasteiger partial charge < -0.3 is 15.0 Å². The molecule has 0 aromatic heterocycles. The van der Waals surface area contributed by atoms with Gasteiger partial charge in [0.25, 0.3) is 5.91 Å². The summed E-state index contributed by atoms with van der Waals surface area (Å²) >= 11 is 0. The molecule has 1 amide bonds. The quantitative estimate of drug-likeness (QED) is 0.869. The Kier molecular flexibility index (Phi) is 3.91. The van der Waals surface area contributed by atoms with Gasteiger partial charge in [0.15, 0.2) is 11.9 Å². The van der Waals surface area contributed by atoms with Crippen LogP contribution >= 0.6 is 0 Å². The summed E-state index contributed by atoms with van der Waals surface area (Å²) in [5, 5.41) is 3.22. The monoisotopic (exact) mass is 302 g/mol. The van der Waals surface area contributed by atoms with Gasteiger partial charge in [-0.15, -0.1) is 0 Å². The van der Waals surface area contributed by atoms with Crippen molar-refractivity contribution in [1.82, 2.24) is 5.32 Å². The average molecular weight is 302 g/mol. The van der Waals surface area contributed by atoms with E-state index in [2.05, 4.69) is 5.32 Å². The lowest BCUT2D eigenvalue weighted by Gasteiger charge is -2.36. The molecule has 0 aliphatic carbocycles. The molecular formula is C17H22N2O3. The number of hydrogen-bond donors (Lipinski definition) is 1. The Bertz CT molecular complexity index is 606. The second-order valence-corrected chi connectivity index (χ2v) is 6.26. The zero-order chi connectivity index (χ0) is 15.9. The van der Waals surface area contributed by atoms with Crippen molar-refractivity contribution in [1.29, 1.82) is 0 Å². The Balaban J connectivity index is 1.97. The van der Waals surface area contributed by atoms with Crippen LogP contribution in [0, 0.1) is 0 Å². The second-order valence-electron chi connectivity index (χ2n) is 6.26. The molecule has 5 nitrogen and oxygen atoms in total. The molecule has 3 rings (SSSR count). The van der Waals surface area contributed by atoms with Crippen LogP contribution in [-0.2, 0) is 4.79 Å². The lowest BCUT2D eigenvalue weighted by molar-refractivity contribution is -0.125. The molecule has 22 heavy (non-hydrogen) atoms. The van der Waals surface area contributed by atoms with Gasteiger partial charge in [-0.2, -0.15) is 0 Å². The minimum Gasteiger partial charge on any atom is -0.479 e. The van der Waals surface area contributed by atoms with E-state index in [1.165, 1.54) is 0 Å². The first-order valence-electron chi connectivity index (χ1n) is 7.90. The van der Waals surface area contributed by atoms with Crippen LogP contribution in [0.2, 0.25) is 0 Å². The lowest BCUT2D eigenvalue weighted by Crippen LogP contribution is -2.48. The van der Waals surface area contributed by atoms with E-state index in [1.54, 1.807) is 30.0 Å². The van der Waals surface area contributed by atoms with Crippen molar-refractivity contribution in [3.63, 3.8) is 0 Å². The van der Waals surface area contributed by atoms with E-state index >= 15 is 0 Å². The second kappa shape index (κ2) is 5.72. The summed E-state index contributed by atoms with van der Waals surface area (Å²) in [6, 6.07) is 5.30. The number of nitrogens with one attached hydrogen (secondary N) is 1. The molecule has 2 atom stereocenters. The van der Waals surface area contributed by atoms with E-state index in [9.17, 15) is 9.59 Å². The number of fused-ring (bicyclic) bond motifs is 1. The fourth-order valence-electron chi connectivity index (χ4n) is 3.16. The summed E-state index contributed by atoms with van der Waals surface area (Å²) in [5.74, 6) is 0.692. The highest BCUT2D eigenvalue weighted by molar-refractivity contribution is 6.04. The summed E-state index contributed by atoms with van der Waals surface area (Å²) in [7, 11) is 0. The molecule has 1 fully saturated rings. The molecular weight excluding hydrogens is 280 g/mol. The third kappa shape index (κ3) is 2.50. The maximum atomic E-state index is 12.5. The zero-order valence-corrected chi connectivity index (χ0v) is 13.3. The zero-order valence-electron chi connectivity index (χ0n) is 13.3. The molecule has 2 heterocycles. The lowest BCUT2D eigenvalue weighted by atomic mass is 10.0. The highest BCUT2D eigenvalue weighted by Crippen LogP contribution is 2.36. The third-order valence-corrected chi connectivity index (χ3v) is 4.29. The van der Waals surface area contributed by atoms with Gasteiger partial charge in [0, 0.05) is 11.6 Å². The van der Waals surface area contributed by atoms with E-state index in [1.807, 2.05) is 13.8 Å². The first-order chi connectivity index (χ1) is 10.5. The van der Waals surface area contributed by atoms with Crippen LogP contribution < -0.4 is 15.0 Å². The first kappa shape index (κ1) is 15.0. The predicted molar refractivity (Wildman–Crippen MR) is 84.5 cm³/mol. The molecule has 2 aliphatic rings. The van der Waals surface area contributed by atoms with Crippen LogP contribution in [0.25, 0.3) is 0 Å². The Morgan fingerprint density at radius 1 is 1.41 bits per heavy atom. The van der Waals surface area contributed by atoms with Crippen LogP contribution in [0.4, 0.5) is 5.69 Å². The number of nitrogens with zero attached hydrogens (tertiary/aromatic N) is 1. The van der Waals surface area contributed by atoms with Gasteiger partial charge >= 0.3 is 0 Å². The van der Waals surface area contributed by atoms with Crippen molar-refractivity contribution in [2.24, 2.45) is 0 Å². The molecule has 0 saturated carbocycles. The molecule has 118 valence electrons. The summed E-state index contributed by atoms with van der Waals surface area (Å²) in [5.41, 5.74) is 1.33. The molecule has 5 heteroatoms. The minimum atomic E-state index is -0.493. The Labute approximate surface area is 130 Å². The molecule has 0 spiro atoms. The number of ether oxygens (including phenoxy) is 1. The van der Waals surface area contributed by atoms with Crippen molar-refractivity contribution in [3.8, 4) is 5.75 Å². The molecule has 2 aliphatic heterocycles. The molecule has 2 unspecified atom stereocenters. The average Bonchev–Trinajstić information content (AvgIpc) is 3.01. The van der Waals surface area contributed by atoms with Crippen molar-refractivity contribution >= 4 is 17.4 Å². The molecule has 1 aromatic carbocycles. The highest BCUT2D eigenvalue weighted by atomic mass is 16.5. The van der Waals surface area contributed by atoms with Gasteiger partial charge in [0.2, 0.25) is 0 Å². The van der Waals surface area contributed by atoms with Crippen molar-refractivity contribution in [2.75, 3.05) is 11.4 Å². The molecule has 0 radical (unpaired) electrons. The van der Waals surface area contributed by atoms with E-state index < -0.39 is 6.10 Å². The number of ketones is 1. The number of carbonyl (C=O) groups is 2. The molecule has 0 bridgehead atoms. The van der Waals surface area contributed by atoms with Crippen LogP contribution in [0.3, 0.4) is 0 Å². The SMILES string of the molecule is CC1Oc2ccc(C(=O)C3CCCN3)cc2N(C(C)C)C1=O. The standard InChI is InChI=1S/C17H22N2O3/c1-10(2)19-14-9-12(16(20)13-5-4-8-18-13)6-7-15(14)22-11(3)17(19)21/h6-7,9-11,13,18H,4-5,8H2,1-3H3. The van der Waals surface area contributed by atoms with Crippen molar-refractivity contribution in [3.05, 3.63) is 23.8 Å². The fraction of sp³-hybridized carbons (Fsp3) is 0.529. The highest BCUT2D eigenvalue weighted by Gasteiger charge is 2.34. The van der Waals surface area contributed by atoms with Crippen LogP contribution in [0.1, 0.15) is 44.0 Å². The van der Waals surface area contributed by atoms with Gasteiger partial charge in [0.1, 0.15) is 5.75 Å². The number of carbonyl (C=O) groups excluding carboxylic acids is 2. The van der Waals surface area contributed by atoms with Crippen LogP contribution in [0.15, 0.2) is 18.2 Å². The number of amides is 1. The molecule has 1 aromatic rings.